The quantitative estimate of drug-likeness (QED) is 0.868. The minimum absolute atomic E-state index is 0.0186. The van der Waals surface area contributed by atoms with E-state index in [2.05, 4.69) is 11.9 Å². The number of β-amino-alcohol motifs (C(OH)–C–C–N with tert-alkyl or cyclic N) is 1. The number of aryl methyl sites for hydroxylation is 1. The molecule has 0 bridgehead atoms. The number of aromatic nitrogens is 1. The van der Waals surface area contributed by atoms with Crippen LogP contribution in [0.5, 0.6) is 0 Å². The molecule has 2 heterocycles. The predicted molar refractivity (Wildman–Crippen MR) is 62.2 cm³/mol. The molecule has 1 amide bonds. The molecule has 2 rings (SSSR count). The van der Waals surface area contributed by atoms with Gasteiger partial charge in [-0.15, -0.1) is 11.3 Å². The van der Waals surface area contributed by atoms with E-state index in [1.54, 1.807) is 16.2 Å². The number of aliphatic hydroxyl groups is 1. The van der Waals surface area contributed by atoms with Gasteiger partial charge >= 0.3 is 0 Å². The molecule has 0 radical (unpaired) electrons. The largest absolute Gasteiger partial charge is 0.391 e. The molecule has 1 aliphatic rings. The second kappa shape index (κ2) is 4.51. The first kappa shape index (κ1) is 11.5. The first-order valence-electron chi connectivity index (χ1n) is 5.54. The molecule has 0 aliphatic carbocycles. The van der Waals surface area contributed by atoms with Gasteiger partial charge in [0.25, 0.3) is 0 Å². The molecular formula is C11H16N2O2S. The molecular weight excluding hydrogens is 224 g/mol. The minimum Gasteiger partial charge on any atom is -0.391 e. The molecule has 1 fully saturated rings. The summed E-state index contributed by atoms with van der Waals surface area (Å²) >= 11 is 1.64. The van der Waals surface area contributed by atoms with Crippen molar-refractivity contribution in [1.29, 1.82) is 0 Å². The molecule has 5 heteroatoms. The Balaban J connectivity index is 2.12. The molecule has 4 nitrogen and oxygen atoms in total. The van der Waals surface area contributed by atoms with Gasteiger partial charge < -0.3 is 10.0 Å². The summed E-state index contributed by atoms with van der Waals surface area (Å²) in [4.78, 5) is 18.9. The van der Waals surface area contributed by atoms with E-state index in [1.165, 1.54) is 4.88 Å². The molecule has 1 aliphatic heterocycles. The third-order valence-electron chi connectivity index (χ3n) is 2.88. The summed E-state index contributed by atoms with van der Waals surface area (Å²) in [5, 5.41) is 10.4. The van der Waals surface area contributed by atoms with Crippen LogP contribution in [0.15, 0.2) is 6.20 Å². The zero-order valence-corrected chi connectivity index (χ0v) is 10.3. The summed E-state index contributed by atoms with van der Waals surface area (Å²) in [6, 6.07) is -0.0186. The van der Waals surface area contributed by atoms with E-state index in [0.717, 1.165) is 11.4 Å². The van der Waals surface area contributed by atoms with E-state index >= 15 is 0 Å². The molecule has 0 saturated carbocycles. The van der Waals surface area contributed by atoms with Gasteiger partial charge in [-0.25, -0.2) is 4.98 Å². The fraction of sp³-hybridized carbons (Fsp3) is 0.636. The maximum absolute atomic E-state index is 11.6. The molecule has 0 spiro atoms. The molecule has 0 aromatic carbocycles. The lowest BCUT2D eigenvalue weighted by Gasteiger charge is -2.22. The van der Waals surface area contributed by atoms with Gasteiger partial charge in [0.1, 0.15) is 5.01 Å². The summed E-state index contributed by atoms with van der Waals surface area (Å²) in [6.07, 6.45) is 2.57. The summed E-state index contributed by atoms with van der Waals surface area (Å²) < 4.78 is 0. The van der Waals surface area contributed by atoms with Crippen LogP contribution in [0.1, 0.15) is 36.2 Å². The lowest BCUT2D eigenvalue weighted by Crippen LogP contribution is -2.28. The van der Waals surface area contributed by atoms with Crippen molar-refractivity contribution in [1.82, 2.24) is 9.88 Å². The first-order chi connectivity index (χ1) is 7.61. The van der Waals surface area contributed by atoms with Crippen LogP contribution in [-0.2, 0) is 11.2 Å². The SMILES string of the molecule is CCc1cnc(C(C)N2CC(O)CC2=O)s1. The summed E-state index contributed by atoms with van der Waals surface area (Å²) in [6.45, 7) is 4.49. The highest BCUT2D eigenvalue weighted by Crippen LogP contribution is 2.28. The van der Waals surface area contributed by atoms with Crippen molar-refractivity contribution in [3.63, 3.8) is 0 Å². The van der Waals surface area contributed by atoms with Crippen molar-refractivity contribution in [2.45, 2.75) is 38.8 Å². The number of aliphatic hydroxyl groups excluding tert-OH is 1. The van der Waals surface area contributed by atoms with E-state index in [9.17, 15) is 9.90 Å². The van der Waals surface area contributed by atoms with Crippen LogP contribution in [0.4, 0.5) is 0 Å². The number of carbonyl (C=O) groups excluding carboxylic acids is 1. The Bertz CT molecular complexity index is 391. The van der Waals surface area contributed by atoms with Crippen molar-refractivity contribution in [3.8, 4) is 0 Å². The van der Waals surface area contributed by atoms with Gasteiger partial charge in [-0.05, 0) is 13.3 Å². The molecule has 1 aromatic heterocycles. The number of carbonyl (C=O) groups is 1. The van der Waals surface area contributed by atoms with Crippen LogP contribution in [0.3, 0.4) is 0 Å². The van der Waals surface area contributed by atoms with Crippen molar-refractivity contribution in [2.24, 2.45) is 0 Å². The number of likely N-dealkylation sites (tertiary alicyclic amines) is 1. The lowest BCUT2D eigenvalue weighted by molar-refractivity contribution is -0.129. The van der Waals surface area contributed by atoms with E-state index in [4.69, 9.17) is 0 Å². The lowest BCUT2D eigenvalue weighted by atomic mass is 10.3. The molecule has 1 saturated heterocycles. The average molecular weight is 240 g/mol. The van der Waals surface area contributed by atoms with Gasteiger partial charge in [0.15, 0.2) is 0 Å². The van der Waals surface area contributed by atoms with Gasteiger partial charge in [0.05, 0.1) is 18.6 Å². The van der Waals surface area contributed by atoms with Crippen molar-refractivity contribution in [2.75, 3.05) is 6.54 Å². The maximum Gasteiger partial charge on any atom is 0.225 e. The summed E-state index contributed by atoms with van der Waals surface area (Å²) in [5.41, 5.74) is 0. The maximum atomic E-state index is 11.6. The molecule has 2 unspecified atom stereocenters. The summed E-state index contributed by atoms with van der Waals surface area (Å²) in [7, 11) is 0. The number of hydrogen-bond acceptors (Lipinski definition) is 4. The molecule has 1 aromatic rings. The highest BCUT2D eigenvalue weighted by atomic mass is 32.1. The van der Waals surface area contributed by atoms with Crippen LogP contribution < -0.4 is 0 Å². The minimum atomic E-state index is -0.513. The third kappa shape index (κ3) is 2.10. The van der Waals surface area contributed by atoms with Gasteiger partial charge in [-0.1, -0.05) is 6.92 Å². The Labute approximate surface area is 98.9 Å². The van der Waals surface area contributed by atoms with Gasteiger partial charge in [-0.2, -0.15) is 0 Å². The second-order valence-electron chi connectivity index (χ2n) is 4.10. The van der Waals surface area contributed by atoms with E-state index in [0.29, 0.717) is 6.54 Å². The fourth-order valence-electron chi connectivity index (χ4n) is 1.90. The Morgan fingerprint density at radius 3 is 3.00 bits per heavy atom. The molecule has 16 heavy (non-hydrogen) atoms. The average Bonchev–Trinajstić information content (AvgIpc) is 2.84. The third-order valence-corrected chi connectivity index (χ3v) is 4.19. The van der Waals surface area contributed by atoms with Crippen LogP contribution in [-0.4, -0.2) is 33.5 Å². The Morgan fingerprint density at radius 1 is 1.75 bits per heavy atom. The number of thiazole rings is 1. The predicted octanol–water partition coefficient (Wildman–Crippen LogP) is 1.36. The van der Waals surface area contributed by atoms with Gasteiger partial charge in [0.2, 0.25) is 5.91 Å². The standard InChI is InChI=1S/C11H16N2O2S/c1-3-9-5-12-11(16-9)7(2)13-6-8(14)4-10(13)15/h5,7-8,14H,3-4,6H2,1-2H3. The Hall–Kier alpha value is -0.940. The monoisotopic (exact) mass is 240 g/mol. The normalized spacial score (nSPS) is 22.8. The highest BCUT2D eigenvalue weighted by Gasteiger charge is 2.32. The first-order valence-corrected chi connectivity index (χ1v) is 6.35. The van der Waals surface area contributed by atoms with Crippen molar-refractivity contribution in [3.05, 3.63) is 16.1 Å². The van der Waals surface area contributed by atoms with Crippen LogP contribution >= 0.6 is 11.3 Å². The van der Waals surface area contributed by atoms with Crippen molar-refractivity contribution >= 4 is 17.2 Å². The number of rotatable bonds is 3. The van der Waals surface area contributed by atoms with E-state index in [-0.39, 0.29) is 18.4 Å². The van der Waals surface area contributed by atoms with E-state index < -0.39 is 6.10 Å². The van der Waals surface area contributed by atoms with E-state index in [1.807, 2.05) is 13.1 Å². The number of hydrogen-bond donors (Lipinski definition) is 1. The fourth-order valence-corrected chi connectivity index (χ4v) is 2.82. The number of nitrogens with zero attached hydrogens (tertiary/aromatic N) is 2. The van der Waals surface area contributed by atoms with Crippen LogP contribution in [0, 0.1) is 0 Å². The molecule has 1 N–H and O–H groups in total. The van der Waals surface area contributed by atoms with Gasteiger partial charge in [-0.3, -0.25) is 4.79 Å². The Morgan fingerprint density at radius 2 is 2.50 bits per heavy atom. The van der Waals surface area contributed by atoms with Crippen LogP contribution in [0.25, 0.3) is 0 Å². The smallest absolute Gasteiger partial charge is 0.225 e. The topological polar surface area (TPSA) is 53.4 Å². The summed E-state index contributed by atoms with van der Waals surface area (Å²) in [5.74, 6) is 0.0215. The number of amides is 1. The zero-order chi connectivity index (χ0) is 11.7. The second-order valence-corrected chi connectivity index (χ2v) is 5.25. The molecule has 88 valence electrons. The van der Waals surface area contributed by atoms with Gasteiger partial charge in [0, 0.05) is 17.6 Å². The zero-order valence-electron chi connectivity index (χ0n) is 9.51. The van der Waals surface area contributed by atoms with Crippen LogP contribution in [0.2, 0.25) is 0 Å². The Kier molecular flexibility index (Phi) is 3.25. The molecule has 2 atom stereocenters. The van der Waals surface area contributed by atoms with Crippen molar-refractivity contribution < 1.29 is 9.90 Å². The highest BCUT2D eigenvalue weighted by molar-refractivity contribution is 7.11.